The van der Waals surface area contributed by atoms with Crippen molar-refractivity contribution in [3.8, 4) is 11.5 Å². The van der Waals surface area contributed by atoms with Gasteiger partial charge in [0, 0.05) is 24.8 Å². The number of benzene rings is 2. The van der Waals surface area contributed by atoms with Gasteiger partial charge in [0.15, 0.2) is 6.10 Å². The van der Waals surface area contributed by atoms with Crippen LogP contribution in [0.5, 0.6) is 11.5 Å². The fraction of sp³-hybridized carbons (Fsp3) is 0.480. The van der Waals surface area contributed by atoms with Gasteiger partial charge in [-0.1, -0.05) is 32.0 Å². The molecular formula is C25H34N2O3. The third-order valence-electron chi connectivity index (χ3n) is 5.76. The van der Waals surface area contributed by atoms with Crippen molar-refractivity contribution in [3.05, 3.63) is 54.1 Å². The number of ether oxygens (including phenoxy) is 2. The zero-order valence-corrected chi connectivity index (χ0v) is 18.6. The quantitative estimate of drug-likeness (QED) is 0.668. The number of rotatable bonds is 8. The minimum Gasteiger partial charge on any atom is -0.497 e. The Balaban J connectivity index is 1.59. The molecule has 5 nitrogen and oxygen atoms in total. The van der Waals surface area contributed by atoms with Crippen molar-refractivity contribution >= 4 is 11.6 Å². The molecule has 1 aliphatic heterocycles. The summed E-state index contributed by atoms with van der Waals surface area (Å²) in [7, 11) is 1.61. The van der Waals surface area contributed by atoms with Crippen molar-refractivity contribution in [2.75, 3.05) is 25.1 Å². The highest BCUT2D eigenvalue weighted by atomic mass is 16.5. The summed E-state index contributed by atoms with van der Waals surface area (Å²) < 4.78 is 11.1. The lowest BCUT2D eigenvalue weighted by Gasteiger charge is -2.33. The van der Waals surface area contributed by atoms with Gasteiger partial charge < -0.3 is 19.7 Å². The maximum Gasteiger partial charge on any atom is 0.261 e. The van der Waals surface area contributed by atoms with Crippen LogP contribution in [0.3, 0.4) is 0 Å². The highest BCUT2D eigenvalue weighted by Gasteiger charge is 2.21. The summed E-state index contributed by atoms with van der Waals surface area (Å²) in [5, 5.41) is 3.09. The van der Waals surface area contributed by atoms with Crippen LogP contribution >= 0.6 is 0 Å². The molecule has 1 amide bonds. The van der Waals surface area contributed by atoms with Crippen LogP contribution in [0.1, 0.15) is 51.6 Å². The Morgan fingerprint density at radius 2 is 1.93 bits per heavy atom. The van der Waals surface area contributed by atoms with Gasteiger partial charge in [0.05, 0.1) is 13.2 Å². The Morgan fingerprint density at radius 1 is 1.20 bits per heavy atom. The van der Waals surface area contributed by atoms with Crippen LogP contribution in [0.25, 0.3) is 0 Å². The van der Waals surface area contributed by atoms with E-state index in [9.17, 15) is 4.79 Å². The SMILES string of the molecule is CC[C@H](Oc1cccc(OC)c1)C(=O)N[C@@H](C)c1ccc(N2CCC[C@@H](C)C2)cc1. The molecule has 1 aliphatic rings. The number of anilines is 1. The largest absolute Gasteiger partial charge is 0.497 e. The lowest BCUT2D eigenvalue weighted by Crippen LogP contribution is -2.39. The number of carbonyl (C=O) groups excluding carboxylic acids is 1. The van der Waals surface area contributed by atoms with E-state index in [1.165, 1.54) is 18.5 Å². The van der Waals surface area contributed by atoms with Crippen LogP contribution in [0.2, 0.25) is 0 Å². The number of hydrogen-bond acceptors (Lipinski definition) is 4. The molecule has 5 heteroatoms. The Morgan fingerprint density at radius 3 is 2.60 bits per heavy atom. The second-order valence-corrected chi connectivity index (χ2v) is 8.21. The third-order valence-corrected chi connectivity index (χ3v) is 5.76. The predicted octanol–water partition coefficient (Wildman–Crippen LogP) is 4.97. The summed E-state index contributed by atoms with van der Waals surface area (Å²) in [5.74, 6) is 1.97. The highest BCUT2D eigenvalue weighted by molar-refractivity contribution is 5.81. The van der Waals surface area contributed by atoms with Crippen molar-refractivity contribution in [2.24, 2.45) is 5.92 Å². The van der Waals surface area contributed by atoms with Gasteiger partial charge in [0.2, 0.25) is 0 Å². The molecule has 162 valence electrons. The van der Waals surface area contributed by atoms with Gasteiger partial charge in [-0.25, -0.2) is 0 Å². The monoisotopic (exact) mass is 410 g/mol. The molecule has 0 aromatic heterocycles. The molecule has 0 unspecified atom stereocenters. The number of hydrogen-bond donors (Lipinski definition) is 1. The summed E-state index contributed by atoms with van der Waals surface area (Å²) in [6, 6.07) is 15.8. The zero-order chi connectivity index (χ0) is 21.5. The Kier molecular flexibility index (Phi) is 7.61. The summed E-state index contributed by atoms with van der Waals surface area (Å²) in [6.45, 7) is 8.51. The summed E-state index contributed by atoms with van der Waals surface area (Å²) in [6.07, 6.45) is 2.60. The molecule has 0 saturated carbocycles. The molecule has 0 aliphatic carbocycles. The van der Waals surface area contributed by atoms with E-state index < -0.39 is 6.10 Å². The molecule has 1 saturated heterocycles. The molecule has 1 N–H and O–H groups in total. The van der Waals surface area contributed by atoms with Crippen molar-refractivity contribution in [1.82, 2.24) is 5.32 Å². The van der Waals surface area contributed by atoms with Gasteiger partial charge in [0.25, 0.3) is 5.91 Å². The van der Waals surface area contributed by atoms with Crippen molar-refractivity contribution < 1.29 is 14.3 Å². The molecule has 0 radical (unpaired) electrons. The molecule has 1 heterocycles. The highest BCUT2D eigenvalue weighted by Crippen LogP contribution is 2.25. The fourth-order valence-electron chi connectivity index (χ4n) is 3.95. The normalized spacial score (nSPS) is 18.4. The Hall–Kier alpha value is -2.69. The third kappa shape index (κ3) is 5.68. The molecule has 3 rings (SSSR count). The van der Waals surface area contributed by atoms with Crippen LogP contribution in [0, 0.1) is 5.92 Å². The van der Waals surface area contributed by atoms with Gasteiger partial charge in [-0.2, -0.15) is 0 Å². The Bertz CT molecular complexity index is 821. The molecular weight excluding hydrogens is 376 g/mol. The maximum atomic E-state index is 12.8. The van der Waals surface area contributed by atoms with E-state index in [0.29, 0.717) is 17.9 Å². The lowest BCUT2D eigenvalue weighted by atomic mass is 9.99. The molecule has 3 atom stereocenters. The Labute approximate surface area is 180 Å². The van der Waals surface area contributed by atoms with E-state index >= 15 is 0 Å². The smallest absolute Gasteiger partial charge is 0.261 e. The molecule has 2 aromatic rings. The zero-order valence-electron chi connectivity index (χ0n) is 18.6. The molecule has 0 spiro atoms. The topological polar surface area (TPSA) is 50.8 Å². The van der Waals surface area contributed by atoms with Crippen LogP contribution in [0.4, 0.5) is 5.69 Å². The van der Waals surface area contributed by atoms with Crippen LogP contribution < -0.4 is 19.7 Å². The maximum absolute atomic E-state index is 12.8. The average Bonchev–Trinajstić information content (AvgIpc) is 2.77. The molecule has 0 bridgehead atoms. The van der Waals surface area contributed by atoms with E-state index in [1.807, 2.05) is 32.0 Å². The van der Waals surface area contributed by atoms with Crippen molar-refractivity contribution in [2.45, 2.75) is 52.2 Å². The minimum absolute atomic E-state index is 0.0882. The first kappa shape index (κ1) is 22.0. The summed E-state index contributed by atoms with van der Waals surface area (Å²) >= 11 is 0. The standard InChI is InChI=1S/C25H34N2O3/c1-5-24(30-23-10-6-9-22(16-23)29-4)25(28)26-19(3)20-11-13-21(14-12-20)27-15-7-8-18(2)17-27/h6,9-14,16,18-19,24H,5,7-8,15,17H2,1-4H3,(H,26,28)/t18-,19+,24+/m1/s1. The lowest BCUT2D eigenvalue weighted by molar-refractivity contribution is -0.128. The van der Waals surface area contributed by atoms with E-state index in [-0.39, 0.29) is 11.9 Å². The van der Waals surface area contributed by atoms with E-state index in [1.54, 1.807) is 13.2 Å². The van der Waals surface area contributed by atoms with Gasteiger partial charge in [0.1, 0.15) is 11.5 Å². The number of carbonyl (C=O) groups is 1. The minimum atomic E-state index is -0.548. The van der Waals surface area contributed by atoms with E-state index in [4.69, 9.17) is 9.47 Å². The number of nitrogens with one attached hydrogen (secondary N) is 1. The van der Waals surface area contributed by atoms with E-state index in [0.717, 1.165) is 24.6 Å². The van der Waals surface area contributed by atoms with E-state index in [2.05, 4.69) is 41.4 Å². The van der Waals surface area contributed by atoms with Gasteiger partial charge in [-0.3, -0.25) is 4.79 Å². The van der Waals surface area contributed by atoms with Gasteiger partial charge in [-0.05, 0) is 61.9 Å². The first-order chi connectivity index (χ1) is 14.5. The molecule has 1 fully saturated rings. The van der Waals surface area contributed by atoms with Crippen LogP contribution in [0.15, 0.2) is 48.5 Å². The number of amides is 1. The predicted molar refractivity (Wildman–Crippen MR) is 121 cm³/mol. The first-order valence-corrected chi connectivity index (χ1v) is 11.0. The molecule has 2 aromatic carbocycles. The first-order valence-electron chi connectivity index (χ1n) is 11.0. The molecule has 30 heavy (non-hydrogen) atoms. The van der Waals surface area contributed by atoms with Gasteiger partial charge in [-0.15, -0.1) is 0 Å². The van der Waals surface area contributed by atoms with Crippen LogP contribution in [-0.2, 0) is 4.79 Å². The van der Waals surface area contributed by atoms with Crippen molar-refractivity contribution in [3.63, 3.8) is 0 Å². The second kappa shape index (κ2) is 10.4. The van der Waals surface area contributed by atoms with Crippen molar-refractivity contribution in [1.29, 1.82) is 0 Å². The number of nitrogens with zero attached hydrogens (tertiary/aromatic N) is 1. The van der Waals surface area contributed by atoms with Gasteiger partial charge >= 0.3 is 0 Å². The average molecular weight is 411 g/mol. The number of piperidine rings is 1. The summed E-state index contributed by atoms with van der Waals surface area (Å²) in [4.78, 5) is 15.2. The second-order valence-electron chi connectivity index (χ2n) is 8.21. The fourth-order valence-corrected chi connectivity index (χ4v) is 3.95. The van der Waals surface area contributed by atoms with Crippen LogP contribution in [-0.4, -0.2) is 32.2 Å². The summed E-state index contributed by atoms with van der Waals surface area (Å²) in [5.41, 5.74) is 2.35. The number of methoxy groups -OCH3 is 1.